The van der Waals surface area contributed by atoms with Gasteiger partial charge in [0.2, 0.25) is 0 Å². The summed E-state index contributed by atoms with van der Waals surface area (Å²) in [4.78, 5) is 2.45. The van der Waals surface area contributed by atoms with Crippen molar-refractivity contribution in [3.8, 4) is 6.07 Å². The molecule has 4 atom stereocenters. The molecule has 0 amide bonds. The van der Waals surface area contributed by atoms with Gasteiger partial charge in [-0.25, -0.2) is 0 Å². The third kappa shape index (κ3) is 2.39. The second kappa shape index (κ2) is 5.16. The van der Waals surface area contributed by atoms with Gasteiger partial charge in [-0.1, -0.05) is 19.8 Å². The third-order valence-corrected chi connectivity index (χ3v) is 4.26. The molecule has 0 spiro atoms. The molecule has 4 unspecified atom stereocenters. The van der Waals surface area contributed by atoms with E-state index in [0.29, 0.717) is 12.0 Å². The summed E-state index contributed by atoms with van der Waals surface area (Å²) in [6.45, 7) is 4.04. The highest BCUT2D eigenvalue weighted by atomic mass is 16.3. The van der Waals surface area contributed by atoms with E-state index in [1.54, 1.807) is 0 Å². The lowest BCUT2D eigenvalue weighted by Crippen LogP contribution is -2.50. The van der Waals surface area contributed by atoms with Crippen LogP contribution in [0.1, 0.15) is 39.0 Å². The summed E-state index contributed by atoms with van der Waals surface area (Å²) in [6.07, 6.45) is 5.43. The molecule has 0 bridgehead atoms. The lowest BCUT2D eigenvalue weighted by atomic mass is 9.82. The van der Waals surface area contributed by atoms with Gasteiger partial charge in [0, 0.05) is 19.1 Å². The van der Waals surface area contributed by atoms with Crippen molar-refractivity contribution in [2.45, 2.75) is 51.2 Å². The van der Waals surface area contributed by atoms with E-state index in [9.17, 15) is 10.4 Å². The van der Waals surface area contributed by atoms with Gasteiger partial charge in [0.1, 0.15) is 0 Å². The Labute approximate surface area is 98.1 Å². The summed E-state index contributed by atoms with van der Waals surface area (Å²) in [6, 6.07) is 2.93. The maximum atomic E-state index is 9.73. The van der Waals surface area contributed by atoms with Gasteiger partial charge >= 0.3 is 0 Å². The van der Waals surface area contributed by atoms with E-state index in [1.165, 1.54) is 19.3 Å². The number of hydrogen-bond donors (Lipinski definition) is 1. The molecule has 3 nitrogen and oxygen atoms in total. The maximum absolute atomic E-state index is 9.73. The van der Waals surface area contributed by atoms with Gasteiger partial charge in [-0.15, -0.1) is 0 Å². The van der Waals surface area contributed by atoms with Gasteiger partial charge < -0.3 is 5.11 Å². The highest BCUT2D eigenvalue weighted by Crippen LogP contribution is 2.31. The first-order valence-corrected chi connectivity index (χ1v) is 6.54. The Morgan fingerprint density at radius 3 is 2.69 bits per heavy atom. The van der Waals surface area contributed by atoms with E-state index in [-0.39, 0.29) is 12.0 Å². The second-order valence-corrected chi connectivity index (χ2v) is 5.42. The van der Waals surface area contributed by atoms with Crippen LogP contribution in [0.2, 0.25) is 0 Å². The van der Waals surface area contributed by atoms with Crippen LogP contribution in [0.3, 0.4) is 0 Å². The Kier molecular flexibility index (Phi) is 3.83. The largest absolute Gasteiger partial charge is 0.393 e. The molecule has 1 aliphatic carbocycles. The molecule has 1 saturated heterocycles. The van der Waals surface area contributed by atoms with Crippen LogP contribution < -0.4 is 0 Å². The van der Waals surface area contributed by atoms with Crippen LogP contribution in [0.4, 0.5) is 0 Å². The molecule has 1 heterocycles. The topological polar surface area (TPSA) is 47.3 Å². The van der Waals surface area contributed by atoms with E-state index in [0.717, 1.165) is 25.9 Å². The Bertz CT molecular complexity index is 274. The maximum Gasteiger partial charge on any atom is 0.0672 e. The van der Waals surface area contributed by atoms with Gasteiger partial charge in [0.05, 0.1) is 18.1 Å². The smallest absolute Gasteiger partial charge is 0.0672 e. The van der Waals surface area contributed by atoms with Crippen LogP contribution in [0.5, 0.6) is 0 Å². The summed E-state index contributed by atoms with van der Waals surface area (Å²) in [7, 11) is 0. The summed E-state index contributed by atoms with van der Waals surface area (Å²) >= 11 is 0. The lowest BCUT2D eigenvalue weighted by Gasteiger charge is -2.42. The summed E-state index contributed by atoms with van der Waals surface area (Å²) in [5.74, 6) is 0.575. The quantitative estimate of drug-likeness (QED) is 0.735. The molecule has 3 heteroatoms. The Morgan fingerprint density at radius 2 is 2.00 bits per heavy atom. The second-order valence-electron chi connectivity index (χ2n) is 5.42. The van der Waals surface area contributed by atoms with E-state index < -0.39 is 0 Å². The molecule has 0 aromatic rings. The SMILES string of the molecule is CC1CN(C2CCCCC2C#N)CCC1O. The van der Waals surface area contributed by atoms with Crippen molar-refractivity contribution in [2.75, 3.05) is 13.1 Å². The van der Waals surface area contributed by atoms with Gasteiger partial charge in [0.15, 0.2) is 0 Å². The molecule has 2 fully saturated rings. The van der Waals surface area contributed by atoms with Gasteiger partial charge in [-0.05, 0) is 25.2 Å². The van der Waals surface area contributed by atoms with Crippen molar-refractivity contribution in [2.24, 2.45) is 11.8 Å². The highest BCUT2D eigenvalue weighted by molar-refractivity contribution is 4.97. The average Bonchev–Trinajstić information content (AvgIpc) is 2.32. The van der Waals surface area contributed by atoms with Gasteiger partial charge in [-0.2, -0.15) is 5.26 Å². The predicted molar refractivity (Wildman–Crippen MR) is 62.7 cm³/mol. The van der Waals surface area contributed by atoms with Crippen molar-refractivity contribution in [1.82, 2.24) is 4.90 Å². The fraction of sp³-hybridized carbons (Fsp3) is 0.923. The number of piperidine rings is 1. The number of nitrogens with zero attached hydrogens (tertiary/aromatic N) is 2. The standard InChI is InChI=1S/C13H22N2O/c1-10-9-15(7-6-13(10)16)12-5-3-2-4-11(12)8-14/h10-13,16H,2-7,9H2,1H3. The van der Waals surface area contributed by atoms with Crippen LogP contribution in [0, 0.1) is 23.2 Å². The zero-order valence-corrected chi connectivity index (χ0v) is 10.1. The van der Waals surface area contributed by atoms with Gasteiger partial charge in [-0.3, -0.25) is 4.90 Å². The summed E-state index contributed by atoms with van der Waals surface area (Å²) < 4.78 is 0. The first kappa shape index (κ1) is 11.9. The van der Waals surface area contributed by atoms with E-state index in [1.807, 2.05) is 0 Å². The van der Waals surface area contributed by atoms with Crippen molar-refractivity contribution in [3.05, 3.63) is 0 Å². The number of rotatable bonds is 1. The molecule has 0 aromatic heterocycles. The zero-order valence-electron chi connectivity index (χ0n) is 10.1. The molecule has 1 aliphatic heterocycles. The molecular formula is C13H22N2O. The molecule has 1 saturated carbocycles. The Morgan fingerprint density at radius 1 is 1.25 bits per heavy atom. The fourth-order valence-corrected chi connectivity index (χ4v) is 3.17. The summed E-state index contributed by atoms with van der Waals surface area (Å²) in [5, 5.41) is 18.9. The van der Waals surface area contributed by atoms with Crippen molar-refractivity contribution in [1.29, 1.82) is 5.26 Å². The molecule has 2 aliphatic rings. The Balaban J connectivity index is 1.98. The highest BCUT2D eigenvalue weighted by Gasteiger charge is 2.34. The van der Waals surface area contributed by atoms with Crippen LogP contribution in [0.15, 0.2) is 0 Å². The fourth-order valence-electron chi connectivity index (χ4n) is 3.17. The van der Waals surface area contributed by atoms with Crippen LogP contribution in [-0.4, -0.2) is 35.2 Å². The molecule has 2 rings (SSSR count). The minimum Gasteiger partial charge on any atom is -0.393 e. The molecular weight excluding hydrogens is 200 g/mol. The normalized spacial score (nSPS) is 41.6. The predicted octanol–water partition coefficient (Wildman–Crippen LogP) is 1.77. The monoisotopic (exact) mass is 222 g/mol. The van der Waals surface area contributed by atoms with Crippen LogP contribution >= 0.6 is 0 Å². The third-order valence-electron chi connectivity index (χ3n) is 4.26. The van der Waals surface area contributed by atoms with Crippen molar-refractivity contribution < 1.29 is 5.11 Å². The number of aliphatic hydroxyl groups is 1. The van der Waals surface area contributed by atoms with Crippen LogP contribution in [0.25, 0.3) is 0 Å². The zero-order chi connectivity index (χ0) is 11.5. The molecule has 16 heavy (non-hydrogen) atoms. The van der Waals surface area contributed by atoms with Crippen LogP contribution in [-0.2, 0) is 0 Å². The number of aliphatic hydroxyl groups excluding tert-OH is 1. The number of likely N-dealkylation sites (tertiary alicyclic amines) is 1. The first-order valence-electron chi connectivity index (χ1n) is 6.54. The lowest BCUT2D eigenvalue weighted by molar-refractivity contribution is 0.00210. The summed E-state index contributed by atoms with van der Waals surface area (Å²) in [5.41, 5.74) is 0. The van der Waals surface area contributed by atoms with Gasteiger partial charge in [0.25, 0.3) is 0 Å². The van der Waals surface area contributed by atoms with E-state index in [4.69, 9.17) is 0 Å². The molecule has 0 aromatic carbocycles. The average molecular weight is 222 g/mol. The van der Waals surface area contributed by atoms with E-state index in [2.05, 4.69) is 17.9 Å². The molecule has 90 valence electrons. The molecule has 1 N–H and O–H groups in total. The minimum absolute atomic E-state index is 0.139. The van der Waals surface area contributed by atoms with Crippen molar-refractivity contribution in [3.63, 3.8) is 0 Å². The van der Waals surface area contributed by atoms with E-state index >= 15 is 0 Å². The van der Waals surface area contributed by atoms with Crippen molar-refractivity contribution >= 4 is 0 Å². The Hall–Kier alpha value is -0.590. The molecule has 0 radical (unpaired) electrons. The minimum atomic E-state index is -0.139. The number of nitriles is 1. The first-order chi connectivity index (χ1) is 7.72. The number of hydrogen-bond acceptors (Lipinski definition) is 3.